The molecule has 1 aromatic rings. The Balaban J connectivity index is 2.44. The number of hydrogen-bond acceptors (Lipinski definition) is 4. The number of aliphatic hydroxyl groups is 1. The Labute approximate surface area is 65.2 Å². The highest BCUT2D eigenvalue weighted by molar-refractivity contribution is 4.85. The molecule has 4 nitrogen and oxygen atoms in total. The standard InChI is InChI=1S/C7H12N2O2/c1-2-6-8-7(11-9-6)4-3-5-10/h10H,2-5H2,1H3. The topological polar surface area (TPSA) is 59.2 Å². The number of aryl methyl sites for hydroxylation is 2. The summed E-state index contributed by atoms with van der Waals surface area (Å²) in [6.45, 7) is 2.14. The number of nitrogens with zero attached hydrogens (tertiary/aromatic N) is 2. The van der Waals surface area contributed by atoms with Crippen LogP contribution in [0.25, 0.3) is 0 Å². The predicted octanol–water partition coefficient (Wildman–Crippen LogP) is 0.557. The molecule has 0 amide bonds. The van der Waals surface area contributed by atoms with Gasteiger partial charge < -0.3 is 9.63 Å². The van der Waals surface area contributed by atoms with E-state index in [1.165, 1.54) is 0 Å². The minimum absolute atomic E-state index is 0.170. The van der Waals surface area contributed by atoms with Crippen LogP contribution >= 0.6 is 0 Å². The van der Waals surface area contributed by atoms with Crippen molar-refractivity contribution in [2.75, 3.05) is 6.61 Å². The van der Waals surface area contributed by atoms with Gasteiger partial charge in [0, 0.05) is 19.4 Å². The third kappa shape index (κ3) is 2.31. The number of aromatic nitrogens is 2. The molecule has 1 aromatic heterocycles. The fourth-order valence-electron chi connectivity index (χ4n) is 0.766. The molecule has 4 heteroatoms. The highest BCUT2D eigenvalue weighted by Gasteiger charge is 2.02. The Morgan fingerprint density at radius 2 is 2.36 bits per heavy atom. The first-order chi connectivity index (χ1) is 5.36. The summed E-state index contributed by atoms with van der Waals surface area (Å²) < 4.78 is 4.89. The molecule has 1 N–H and O–H groups in total. The first kappa shape index (κ1) is 8.20. The van der Waals surface area contributed by atoms with E-state index >= 15 is 0 Å². The van der Waals surface area contributed by atoms with Gasteiger partial charge in [-0.2, -0.15) is 4.98 Å². The summed E-state index contributed by atoms with van der Waals surface area (Å²) in [6, 6.07) is 0. The lowest BCUT2D eigenvalue weighted by atomic mass is 10.3. The third-order valence-electron chi connectivity index (χ3n) is 1.38. The first-order valence-electron chi connectivity index (χ1n) is 3.79. The molecule has 1 heterocycles. The maximum atomic E-state index is 8.50. The van der Waals surface area contributed by atoms with Crippen molar-refractivity contribution in [1.82, 2.24) is 10.1 Å². The quantitative estimate of drug-likeness (QED) is 0.691. The fraction of sp³-hybridized carbons (Fsp3) is 0.714. The first-order valence-corrected chi connectivity index (χ1v) is 3.79. The van der Waals surface area contributed by atoms with Gasteiger partial charge in [-0.15, -0.1) is 0 Å². The molecule has 0 saturated carbocycles. The van der Waals surface area contributed by atoms with Crippen molar-refractivity contribution in [3.8, 4) is 0 Å². The van der Waals surface area contributed by atoms with Gasteiger partial charge in [-0.3, -0.25) is 0 Å². The second-order valence-corrected chi connectivity index (χ2v) is 2.29. The van der Waals surface area contributed by atoms with Crippen molar-refractivity contribution in [3.63, 3.8) is 0 Å². The molecule has 0 aliphatic heterocycles. The highest BCUT2D eigenvalue weighted by atomic mass is 16.5. The van der Waals surface area contributed by atoms with Crippen LogP contribution in [0.5, 0.6) is 0 Å². The lowest BCUT2D eigenvalue weighted by Crippen LogP contribution is -1.89. The molecule has 0 unspecified atom stereocenters. The van der Waals surface area contributed by atoms with Crippen molar-refractivity contribution in [2.45, 2.75) is 26.2 Å². The largest absolute Gasteiger partial charge is 0.396 e. The van der Waals surface area contributed by atoms with Crippen LogP contribution < -0.4 is 0 Å². The molecule has 0 aromatic carbocycles. The molecule has 0 radical (unpaired) electrons. The van der Waals surface area contributed by atoms with Crippen LogP contribution in [0.15, 0.2) is 4.52 Å². The van der Waals surface area contributed by atoms with E-state index in [1.807, 2.05) is 6.92 Å². The van der Waals surface area contributed by atoms with Gasteiger partial charge in [0.1, 0.15) is 0 Å². The van der Waals surface area contributed by atoms with Gasteiger partial charge in [0.25, 0.3) is 0 Å². The zero-order valence-corrected chi connectivity index (χ0v) is 6.58. The van der Waals surface area contributed by atoms with E-state index < -0.39 is 0 Å². The van der Waals surface area contributed by atoms with Crippen molar-refractivity contribution in [3.05, 3.63) is 11.7 Å². The smallest absolute Gasteiger partial charge is 0.226 e. The maximum absolute atomic E-state index is 8.50. The van der Waals surface area contributed by atoms with Gasteiger partial charge in [-0.25, -0.2) is 0 Å². The van der Waals surface area contributed by atoms with Crippen LogP contribution in [0, 0.1) is 0 Å². The SMILES string of the molecule is CCc1noc(CCCO)n1. The van der Waals surface area contributed by atoms with Crippen molar-refractivity contribution < 1.29 is 9.63 Å². The monoisotopic (exact) mass is 156 g/mol. The minimum atomic E-state index is 0.170. The fourth-order valence-corrected chi connectivity index (χ4v) is 0.766. The molecule has 0 bridgehead atoms. The van der Waals surface area contributed by atoms with Gasteiger partial charge >= 0.3 is 0 Å². The molecule has 0 aliphatic rings. The molecule has 1 rings (SSSR count). The highest BCUT2D eigenvalue weighted by Crippen LogP contribution is 2.00. The predicted molar refractivity (Wildman–Crippen MR) is 39.1 cm³/mol. The zero-order chi connectivity index (χ0) is 8.10. The summed E-state index contributed by atoms with van der Waals surface area (Å²) in [5.41, 5.74) is 0. The Bertz CT molecular complexity index is 210. The second kappa shape index (κ2) is 4.08. The van der Waals surface area contributed by atoms with E-state index in [4.69, 9.17) is 9.63 Å². The average Bonchev–Trinajstić information content (AvgIpc) is 2.48. The normalized spacial score (nSPS) is 10.4. The van der Waals surface area contributed by atoms with Crippen LogP contribution in [0.3, 0.4) is 0 Å². The molecule has 11 heavy (non-hydrogen) atoms. The van der Waals surface area contributed by atoms with Crippen LogP contribution in [0.1, 0.15) is 25.1 Å². The van der Waals surface area contributed by atoms with Gasteiger partial charge in [0.2, 0.25) is 5.89 Å². The summed E-state index contributed by atoms with van der Waals surface area (Å²) in [5, 5.41) is 12.2. The van der Waals surface area contributed by atoms with Crippen LogP contribution in [0.2, 0.25) is 0 Å². The van der Waals surface area contributed by atoms with Crippen LogP contribution in [0.4, 0.5) is 0 Å². The third-order valence-corrected chi connectivity index (χ3v) is 1.38. The Kier molecular flexibility index (Phi) is 3.04. The van der Waals surface area contributed by atoms with E-state index in [1.54, 1.807) is 0 Å². The molecule has 0 atom stereocenters. The summed E-state index contributed by atoms with van der Waals surface area (Å²) in [4.78, 5) is 4.08. The summed E-state index contributed by atoms with van der Waals surface area (Å²) in [5.74, 6) is 1.36. The lowest BCUT2D eigenvalue weighted by Gasteiger charge is -1.87. The second-order valence-electron chi connectivity index (χ2n) is 2.29. The Morgan fingerprint density at radius 1 is 1.55 bits per heavy atom. The van der Waals surface area contributed by atoms with E-state index in [9.17, 15) is 0 Å². The van der Waals surface area contributed by atoms with E-state index in [-0.39, 0.29) is 6.61 Å². The molecule has 62 valence electrons. The summed E-state index contributed by atoms with van der Waals surface area (Å²) in [7, 11) is 0. The van der Waals surface area contributed by atoms with Gasteiger partial charge in [0.05, 0.1) is 0 Å². The number of rotatable bonds is 4. The van der Waals surface area contributed by atoms with Crippen molar-refractivity contribution in [1.29, 1.82) is 0 Å². The molecule has 0 aliphatic carbocycles. The minimum Gasteiger partial charge on any atom is -0.396 e. The molecular weight excluding hydrogens is 144 g/mol. The van der Waals surface area contributed by atoms with Crippen LogP contribution in [-0.4, -0.2) is 21.9 Å². The summed E-state index contributed by atoms with van der Waals surface area (Å²) in [6.07, 6.45) is 2.15. The van der Waals surface area contributed by atoms with E-state index in [0.717, 1.165) is 12.2 Å². The number of hydrogen-bond donors (Lipinski definition) is 1. The van der Waals surface area contributed by atoms with E-state index in [0.29, 0.717) is 18.7 Å². The molecule has 0 spiro atoms. The molecular formula is C7H12N2O2. The Hall–Kier alpha value is -0.900. The summed E-state index contributed by atoms with van der Waals surface area (Å²) >= 11 is 0. The van der Waals surface area contributed by atoms with Gasteiger partial charge in [-0.1, -0.05) is 12.1 Å². The Morgan fingerprint density at radius 3 is 2.91 bits per heavy atom. The van der Waals surface area contributed by atoms with Gasteiger partial charge in [0.15, 0.2) is 5.82 Å². The molecule has 0 fully saturated rings. The van der Waals surface area contributed by atoms with Crippen molar-refractivity contribution in [2.24, 2.45) is 0 Å². The van der Waals surface area contributed by atoms with E-state index in [2.05, 4.69) is 10.1 Å². The average molecular weight is 156 g/mol. The zero-order valence-electron chi connectivity index (χ0n) is 6.58. The van der Waals surface area contributed by atoms with Gasteiger partial charge in [-0.05, 0) is 6.42 Å². The van der Waals surface area contributed by atoms with Crippen molar-refractivity contribution >= 4 is 0 Å². The molecule has 0 saturated heterocycles. The number of aliphatic hydroxyl groups excluding tert-OH is 1. The lowest BCUT2D eigenvalue weighted by molar-refractivity contribution is 0.278. The maximum Gasteiger partial charge on any atom is 0.226 e. The van der Waals surface area contributed by atoms with Crippen LogP contribution in [-0.2, 0) is 12.8 Å².